The van der Waals surface area contributed by atoms with Crippen molar-refractivity contribution in [2.24, 2.45) is 5.73 Å². The van der Waals surface area contributed by atoms with E-state index >= 15 is 0 Å². The monoisotopic (exact) mass is 679 g/mol. The van der Waals surface area contributed by atoms with Crippen molar-refractivity contribution in [2.75, 3.05) is 33.0 Å². The van der Waals surface area contributed by atoms with Crippen LogP contribution in [-0.2, 0) is 27.9 Å². The molecule has 0 amide bonds. The van der Waals surface area contributed by atoms with E-state index in [1.165, 1.54) is 6.42 Å². The Bertz CT molecular complexity index is 942. The molecule has 0 fully saturated rings. The third kappa shape index (κ3) is 35.1. The maximum atomic E-state index is 12.5. The minimum absolute atomic E-state index is 0.0792. The molecule has 0 heterocycles. The number of nitrogens with two attached hydrogens (primary N) is 1. The summed E-state index contributed by atoms with van der Waals surface area (Å²) in [5.41, 5.74) is 5.34. The number of hydrogen-bond donors (Lipinski definition) is 2. The molecule has 0 aromatic heterocycles. The standard InChI is InChI=1S/C38H66NO7P/c1-3-5-7-9-11-13-15-16-17-18-19-20-21-22-24-26-28-30-33-43-35-37(36-45-47(41,42)44-34-32-39)46-38(40)31-29-27-25-23-14-12-10-8-6-4-2/h5,7-8,10-11,13,16-17,19-20,22,24,37H,3-4,6,9,12,14-15,18,21,23,25-36,39H2,1-2H3,(H,41,42)/b7-5-,10-8-,13-11-,17-16-,20-19-,24-22-. The van der Waals surface area contributed by atoms with Gasteiger partial charge in [0.15, 0.2) is 0 Å². The molecule has 270 valence electrons. The van der Waals surface area contributed by atoms with E-state index in [1.807, 2.05) is 0 Å². The Hall–Kier alpha value is -2.06. The Morgan fingerprint density at radius 1 is 0.660 bits per heavy atom. The molecule has 0 aliphatic heterocycles. The highest BCUT2D eigenvalue weighted by Gasteiger charge is 2.25. The van der Waals surface area contributed by atoms with Crippen molar-refractivity contribution in [2.45, 2.75) is 129 Å². The quantitative estimate of drug-likeness (QED) is 0.0305. The molecular weight excluding hydrogens is 613 g/mol. The molecule has 0 bridgehead atoms. The number of hydrogen-bond acceptors (Lipinski definition) is 7. The largest absolute Gasteiger partial charge is 0.472 e. The normalized spacial score (nSPS) is 14.6. The summed E-state index contributed by atoms with van der Waals surface area (Å²) in [5.74, 6) is -0.362. The SMILES string of the molecule is CC/C=C\C/C=C\C/C=C\C/C=C\C/C=C\CCCCOCC(COP(=O)(O)OCCN)OC(=O)CCCCCCC/C=C\CCC. The molecule has 0 aliphatic carbocycles. The summed E-state index contributed by atoms with van der Waals surface area (Å²) in [6.45, 7) is 4.58. The first-order valence-electron chi connectivity index (χ1n) is 17.9. The van der Waals surface area contributed by atoms with Crippen molar-refractivity contribution in [3.8, 4) is 0 Å². The van der Waals surface area contributed by atoms with E-state index in [0.717, 1.165) is 96.3 Å². The van der Waals surface area contributed by atoms with Crippen LogP contribution in [0.25, 0.3) is 0 Å². The average molecular weight is 680 g/mol. The minimum Gasteiger partial charge on any atom is -0.457 e. The van der Waals surface area contributed by atoms with Gasteiger partial charge in [-0.2, -0.15) is 0 Å². The predicted molar refractivity (Wildman–Crippen MR) is 196 cm³/mol. The summed E-state index contributed by atoms with van der Waals surface area (Å²) < 4.78 is 33.1. The number of carbonyl (C=O) groups is 1. The van der Waals surface area contributed by atoms with Crippen LogP contribution in [0.5, 0.6) is 0 Å². The Morgan fingerprint density at radius 2 is 1.19 bits per heavy atom. The first-order valence-corrected chi connectivity index (χ1v) is 19.4. The molecule has 9 heteroatoms. The van der Waals surface area contributed by atoms with Gasteiger partial charge in [0.2, 0.25) is 0 Å². The van der Waals surface area contributed by atoms with Gasteiger partial charge in [0.25, 0.3) is 0 Å². The third-order valence-electron chi connectivity index (χ3n) is 6.84. The molecule has 2 atom stereocenters. The zero-order chi connectivity index (χ0) is 34.5. The third-order valence-corrected chi connectivity index (χ3v) is 7.82. The van der Waals surface area contributed by atoms with Gasteiger partial charge in [0.1, 0.15) is 6.10 Å². The number of allylic oxidation sites excluding steroid dienone is 12. The second-order valence-electron chi connectivity index (χ2n) is 11.3. The summed E-state index contributed by atoms with van der Waals surface area (Å²) in [6, 6.07) is 0. The van der Waals surface area contributed by atoms with Crippen LogP contribution in [0.15, 0.2) is 72.9 Å². The Kier molecular flexibility index (Phi) is 33.7. The van der Waals surface area contributed by atoms with E-state index < -0.39 is 13.9 Å². The molecule has 0 radical (unpaired) electrons. The van der Waals surface area contributed by atoms with E-state index in [1.54, 1.807) is 0 Å². The Balaban J connectivity index is 4.21. The molecule has 3 N–H and O–H groups in total. The number of unbranched alkanes of at least 4 members (excludes halogenated alkanes) is 8. The fourth-order valence-corrected chi connectivity index (χ4v) is 5.02. The first kappa shape index (κ1) is 44.9. The van der Waals surface area contributed by atoms with Crippen LogP contribution in [0.3, 0.4) is 0 Å². The molecule has 0 spiro atoms. The van der Waals surface area contributed by atoms with Gasteiger partial charge in [-0.1, -0.05) is 112 Å². The Labute approximate surface area is 286 Å². The highest BCUT2D eigenvalue weighted by atomic mass is 31.2. The highest BCUT2D eigenvalue weighted by molar-refractivity contribution is 7.47. The fourth-order valence-electron chi connectivity index (χ4n) is 4.26. The van der Waals surface area contributed by atoms with Crippen molar-refractivity contribution < 1.29 is 32.8 Å². The second-order valence-corrected chi connectivity index (χ2v) is 12.8. The topological polar surface area (TPSA) is 117 Å². The van der Waals surface area contributed by atoms with Crippen LogP contribution in [0, 0.1) is 0 Å². The molecule has 0 rings (SSSR count). The van der Waals surface area contributed by atoms with Gasteiger partial charge in [-0.3, -0.25) is 13.8 Å². The number of phosphoric acid groups is 1. The number of ether oxygens (including phenoxy) is 2. The summed E-state index contributed by atoms with van der Waals surface area (Å²) in [4.78, 5) is 22.3. The van der Waals surface area contributed by atoms with Crippen LogP contribution in [0.1, 0.15) is 123 Å². The van der Waals surface area contributed by atoms with Crippen molar-refractivity contribution >= 4 is 13.8 Å². The molecule has 0 saturated heterocycles. The first-order chi connectivity index (χ1) is 22.9. The lowest BCUT2D eigenvalue weighted by molar-refractivity contribution is -0.154. The molecule has 8 nitrogen and oxygen atoms in total. The number of carbonyl (C=O) groups excluding carboxylic acids is 1. The molecule has 0 saturated carbocycles. The lowest BCUT2D eigenvalue weighted by Gasteiger charge is -2.20. The molecule has 0 aliphatic rings. The predicted octanol–water partition coefficient (Wildman–Crippen LogP) is 10.0. The second kappa shape index (κ2) is 35.3. The van der Waals surface area contributed by atoms with Gasteiger partial charge in [0, 0.05) is 19.6 Å². The summed E-state index contributed by atoms with van der Waals surface area (Å²) in [6.07, 6.45) is 42.1. The van der Waals surface area contributed by atoms with Gasteiger partial charge in [-0.25, -0.2) is 4.57 Å². The molecule has 0 aromatic rings. The van der Waals surface area contributed by atoms with E-state index in [2.05, 4.69) is 86.8 Å². The van der Waals surface area contributed by atoms with Gasteiger partial charge in [-0.15, -0.1) is 0 Å². The lowest BCUT2D eigenvalue weighted by atomic mass is 10.1. The molecule has 2 unspecified atom stereocenters. The van der Waals surface area contributed by atoms with Crippen molar-refractivity contribution in [3.05, 3.63) is 72.9 Å². The van der Waals surface area contributed by atoms with Gasteiger partial charge in [-0.05, 0) is 77.0 Å². The molecule has 0 aromatic carbocycles. The maximum Gasteiger partial charge on any atom is 0.472 e. The van der Waals surface area contributed by atoms with E-state index in [4.69, 9.17) is 24.3 Å². The van der Waals surface area contributed by atoms with E-state index in [9.17, 15) is 14.3 Å². The van der Waals surface area contributed by atoms with Crippen LogP contribution >= 0.6 is 7.82 Å². The minimum atomic E-state index is -4.28. The van der Waals surface area contributed by atoms with Gasteiger partial charge < -0.3 is 20.1 Å². The van der Waals surface area contributed by atoms with Gasteiger partial charge in [0.05, 0.1) is 19.8 Å². The number of rotatable bonds is 33. The highest BCUT2D eigenvalue weighted by Crippen LogP contribution is 2.43. The van der Waals surface area contributed by atoms with E-state index in [-0.39, 0.29) is 32.3 Å². The van der Waals surface area contributed by atoms with Crippen molar-refractivity contribution in [1.82, 2.24) is 0 Å². The number of esters is 1. The van der Waals surface area contributed by atoms with Crippen molar-refractivity contribution in [3.63, 3.8) is 0 Å². The summed E-state index contributed by atoms with van der Waals surface area (Å²) >= 11 is 0. The number of phosphoric ester groups is 1. The lowest BCUT2D eigenvalue weighted by Crippen LogP contribution is -2.28. The van der Waals surface area contributed by atoms with Crippen LogP contribution in [0.4, 0.5) is 0 Å². The Morgan fingerprint density at radius 3 is 1.81 bits per heavy atom. The van der Waals surface area contributed by atoms with Crippen molar-refractivity contribution in [1.29, 1.82) is 0 Å². The van der Waals surface area contributed by atoms with Crippen LogP contribution in [-0.4, -0.2) is 49.9 Å². The zero-order valence-electron chi connectivity index (χ0n) is 29.5. The molecular formula is C38H66NO7P. The zero-order valence-corrected chi connectivity index (χ0v) is 30.4. The maximum absolute atomic E-state index is 12.5. The van der Waals surface area contributed by atoms with Gasteiger partial charge >= 0.3 is 13.8 Å². The smallest absolute Gasteiger partial charge is 0.457 e. The van der Waals surface area contributed by atoms with E-state index in [0.29, 0.717) is 13.0 Å². The fraction of sp³-hybridized carbons (Fsp3) is 0.658. The summed E-state index contributed by atoms with van der Waals surface area (Å²) in [7, 11) is -4.28. The summed E-state index contributed by atoms with van der Waals surface area (Å²) in [5, 5.41) is 0. The average Bonchev–Trinajstić information content (AvgIpc) is 3.06. The van der Waals surface area contributed by atoms with Crippen LogP contribution < -0.4 is 5.73 Å². The molecule has 47 heavy (non-hydrogen) atoms. The van der Waals surface area contributed by atoms with Crippen LogP contribution in [0.2, 0.25) is 0 Å².